The molecule has 0 unspecified atom stereocenters. The van der Waals surface area contributed by atoms with Crippen LogP contribution in [0.2, 0.25) is 0 Å². The number of fused-ring (bicyclic) bond motifs is 1. The number of hydrogen-bond donors (Lipinski definition) is 5. The molecule has 173 valence electrons. The zero-order chi connectivity index (χ0) is 24.1. The SMILES string of the molecule is CN(Cc1cnc2nc(N)nc(N)c2n1)c1ccc(C(=O)N[C@@H](CCC(=O)O)C(=O)O)cc1.[Na]. The number of aromatic nitrogens is 4. The molecule has 13 nitrogen and oxygen atoms in total. The van der Waals surface area contributed by atoms with Gasteiger partial charge in [-0.3, -0.25) is 9.59 Å². The number of carbonyl (C=O) groups excluding carboxylic acids is 1. The van der Waals surface area contributed by atoms with Crippen molar-refractivity contribution in [1.29, 1.82) is 0 Å². The van der Waals surface area contributed by atoms with Gasteiger partial charge in [0, 0.05) is 54.3 Å². The number of anilines is 3. The number of rotatable bonds is 9. The maximum atomic E-state index is 12.4. The number of benzene rings is 1. The van der Waals surface area contributed by atoms with Gasteiger partial charge in [-0.05, 0) is 30.7 Å². The molecule has 0 aliphatic rings. The monoisotopic (exact) mass is 477 g/mol. The van der Waals surface area contributed by atoms with Crippen LogP contribution in [-0.4, -0.2) is 90.6 Å². The first-order chi connectivity index (χ1) is 15.6. The maximum Gasteiger partial charge on any atom is 0.326 e. The second-order valence-electron chi connectivity index (χ2n) is 7.20. The Bertz CT molecular complexity index is 1210. The first-order valence-electron chi connectivity index (χ1n) is 9.75. The van der Waals surface area contributed by atoms with Crippen molar-refractivity contribution < 1.29 is 24.6 Å². The Balaban J connectivity index is 0.00000408. The van der Waals surface area contributed by atoms with Gasteiger partial charge in [-0.1, -0.05) is 0 Å². The van der Waals surface area contributed by atoms with Crippen molar-refractivity contribution >= 4 is 76.0 Å². The van der Waals surface area contributed by atoms with Crippen molar-refractivity contribution in [3.8, 4) is 0 Å². The van der Waals surface area contributed by atoms with E-state index in [1.165, 1.54) is 12.1 Å². The first-order valence-corrected chi connectivity index (χ1v) is 9.75. The van der Waals surface area contributed by atoms with Crippen LogP contribution < -0.4 is 21.7 Å². The van der Waals surface area contributed by atoms with E-state index >= 15 is 0 Å². The number of nitrogens with two attached hydrogens (primary N) is 2. The van der Waals surface area contributed by atoms with Crippen molar-refractivity contribution in [2.45, 2.75) is 25.4 Å². The van der Waals surface area contributed by atoms with Crippen LogP contribution in [0.1, 0.15) is 28.9 Å². The number of carboxylic acids is 2. The number of carbonyl (C=O) groups is 3. The van der Waals surface area contributed by atoms with Crippen molar-refractivity contribution in [2.24, 2.45) is 0 Å². The molecule has 1 amide bonds. The predicted octanol–water partition coefficient (Wildman–Crippen LogP) is -0.112. The number of nitrogens with zero attached hydrogens (tertiary/aromatic N) is 5. The Morgan fingerprint density at radius 2 is 1.76 bits per heavy atom. The second kappa shape index (κ2) is 11.5. The summed E-state index contributed by atoms with van der Waals surface area (Å²) >= 11 is 0. The normalized spacial score (nSPS) is 11.3. The number of amides is 1. The van der Waals surface area contributed by atoms with Crippen LogP contribution in [0.5, 0.6) is 0 Å². The molecule has 14 heteroatoms. The Morgan fingerprint density at radius 1 is 1.09 bits per heavy atom. The molecule has 34 heavy (non-hydrogen) atoms. The molecule has 1 aromatic carbocycles. The molecule has 1 atom stereocenters. The minimum atomic E-state index is -1.30. The molecule has 7 N–H and O–H groups in total. The quantitative estimate of drug-likeness (QED) is 0.255. The summed E-state index contributed by atoms with van der Waals surface area (Å²) in [6.07, 6.45) is 0.964. The van der Waals surface area contributed by atoms with E-state index in [9.17, 15) is 19.5 Å². The second-order valence-corrected chi connectivity index (χ2v) is 7.20. The van der Waals surface area contributed by atoms with Crippen LogP contribution in [0.15, 0.2) is 30.5 Å². The molecule has 0 saturated heterocycles. The summed E-state index contributed by atoms with van der Waals surface area (Å²) < 4.78 is 0. The molecule has 0 bridgehead atoms. The zero-order valence-corrected chi connectivity index (χ0v) is 20.6. The molecule has 0 saturated carbocycles. The van der Waals surface area contributed by atoms with Gasteiger partial charge in [0.15, 0.2) is 17.0 Å². The van der Waals surface area contributed by atoms with Gasteiger partial charge in [0.25, 0.3) is 5.91 Å². The molecule has 2 aromatic heterocycles. The van der Waals surface area contributed by atoms with E-state index in [4.69, 9.17) is 16.6 Å². The van der Waals surface area contributed by atoms with E-state index in [1.807, 2.05) is 11.9 Å². The summed E-state index contributed by atoms with van der Waals surface area (Å²) in [4.78, 5) is 52.7. The molecule has 2 heterocycles. The van der Waals surface area contributed by atoms with Crippen molar-refractivity contribution in [1.82, 2.24) is 25.3 Å². The van der Waals surface area contributed by atoms with Crippen LogP contribution in [0.4, 0.5) is 17.5 Å². The Hall–Kier alpha value is -3.55. The van der Waals surface area contributed by atoms with E-state index in [0.717, 1.165) is 5.69 Å². The minimum absolute atomic E-state index is 0. The van der Waals surface area contributed by atoms with E-state index in [0.29, 0.717) is 23.4 Å². The number of aliphatic carboxylic acids is 2. The first kappa shape index (κ1) is 26.7. The topological polar surface area (TPSA) is 211 Å². The molecular weight excluding hydrogens is 455 g/mol. The summed E-state index contributed by atoms with van der Waals surface area (Å²) in [5, 5.41) is 20.2. The fourth-order valence-electron chi connectivity index (χ4n) is 3.03. The van der Waals surface area contributed by atoms with Gasteiger partial charge in [0.05, 0.1) is 18.4 Å². The summed E-state index contributed by atoms with van der Waals surface area (Å²) in [5.41, 5.74) is 13.7. The molecule has 0 fully saturated rings. The summed E-state index contributed by atoms with van der Waals surface area (Å²) in [6, 6.07) is 5.16. The molecule has 3 rings (SSSR count). The Morgan fingerprint density at radius 3 is 2.38 bits per heavy atom. The molecule has 0 spiro atoms. The van der Waals surface area contributed by atoms with Gasteiger partial charge in [0.1, 0.15) is 6.04 Å². The summed E-state index contributed by atoms with van der Waals surface area (Å²) in [6.45, 7) is 0.370. The third-order valence-electron chi connectivity index (χ3n) is 4.72. The van der Waals surface area contributed by atoms with E-state index < -0.39 is 23.9 Å². The number of hydrogen-bond acceptors (Lipinski definition) is 10. The van der Waals surface area contributed by atoms with Crippen LogP contribution in [-0.2, 0) is 16.1 Å². The van der Waals surface area contributed by atoms with E-state index in [1.54, 1.807) is 18.3 Å². The van der Waals surface area contributed by atoms with Crippen LogP contribution in [0.3, 0.4) is 0 Å². The van der Waals surface area contributed by atoms with Gasteiger partial charge in [0.2, 0.25) is 5.95 Å². The fourth-order valence-corrected chi connectivity index (χ4v) is 3.03. The van der Waals surface area contributed by atoms with Crippen molar-refractivity contribution in [2.75, 3.05) is 23.4 Å². The van der Waals surface area contributed by atoms with Crippen LogP contribution >= 0.6 is 0 Å². The standard InChI is InChI=1S/C20H22N8O5.Na/c1-28(9-11-8-23-17-15(24-11)16(21)26-20(22)27-17)12-4-2-10(3-5-12)18(31)25-13(19(32)33)6-7-14(29)30;/h2-5,8,13H,6-7,9H2,1H3,(H,25,31)(H,29,30)(H,32,33)(H4,21,22,23,26,27);/t13-;/m0./s1. The van der Waals surface area contributed by atoms with Gasteiger partial charge in [-0.2, -0.15) is 9.97 Å². The molecule has 0 aliphatic carbocycles. The van der Waals surface area contributed by atoms with E-state index in [-0.39, 0.29) is 59.7 Å². The number of nitrogens with one attached hydrogen (secondary N) is 1. The van der Waals surface area contributed by atoms with Crippen molar-refractivity contribution in [3.05, 3.63) is 41.7 Å². The number of carboxylic acid groups (broad SMARTS) is 2. The zero-order valence-electron chi connectivity index (χ0n) is 18.6. The van der Waals surface area contributed by atoms with Gasteiger partial charge in [-0.15, -0.1) is 0 Å². The molecule has 0 aliphatic heterocycles. The van der Waals surface area contributed by atoms with Crippen molar-refractivity contribution in [3.63, 3.8) is 0 Å². The average Bonchev–Trinajstić information content (AvgIpc) is 2.76. The largest absolute Gasteiger partial charge is 0.481 e. The Labute approximate surface area is 215 Å². The average molecular weight is 477 g/mol. The predicted molar refractivity (Wildman–Crippen MR) is 124 cm³/mol. The van der Waals surface area contributed by atoms with Gasteiger partial charge >= 0.3 is 11.9 Å². The number of nitrogen functional groups attached to an aromatic ring is 2. The van der Waals surface area contributed by atoms with Crippen LogP contribution in [0, 0.1) is 0 Å². The third-order valence-corrected chi connectivity index (χ3v) is 4.72. The van der Waals surface area contributed by atoms with E-state index in [2.05, 4.69) is 25.3 Å². The summed E-state index contributed by atoms with van der Waals surface area (Å²) in [7, 11) is 1.82. The molecule has 3 aromatic rings. The van der Waals surface area contributed by atoms with Gasteiger partial charge < -0.3 is 31.9 Å². The fraction of sp³-hybridized carbons (Fsp3) is 0.250. The molecule has 1 radical (unpaired) electrons. The summed E-state index contributed by atoms with van der Waals surface area (Å²) in [5.74, 6) is -2.91. The van der Waals surface area contributed by atoms with Gasteiger partial charge in [-0.25, -0.2) is 14.8 Å². The minimum Gasteiger partial charge on any atom is -0.481 e. The Kier molecular flexibility index (Phi) is 9.06. The van der Waals surface area contributed by atoms with Crippen LogP contribution in [0.25, 0.3) is 11.2 Å². The third kappa shape index (κ3) is 6.73. The maximum absolute atomic E-state index is 12.4. The smallest absolute Gasteiger partial charge is 0.326 e. The molecular formula is C20H22N8NaO5.